The molecular formula is C23H31ClN4O3. The first kappa shape index (κ1) is 22.0. The van der Waals surface area contributed by atoms with Crippen molar-refractivity contribution in [3.8, 4) is 0 Å². The van der Waals surface area contributed by atoms with E-state index < -0.39 is 0 Å². The van der Waals surface area contributed by atoms with Gasteiger partial charge in [-0.1, -0.05) is 11.6 Å². The van der Waals surface area contributed by atoms with E-state index in [0.29, 0.717) is 24.5 Å². The summed E-state index contributed by atoms with van der Waals surface area (Å²) in [5, 5.41) is 4.69. The first-order valence-electron chi connectivity index (χ1n) is 11.2. The summed E-state index contributed by atoms with van der Waals surface area (Å²) in [4.78, 5) is 32.4. The zero-order valence-corrected chi connectivity index (χ0v) is 18.8. The van der Waals surface area contributed by atoms with Crippen LogP contribution in [0, 0.1) is 0 Å². The van der Waals surface area contributed by atoms with Gasteiger partial charge in [0.2, 0.25) is 5.91 Å². The van der Waals surface area contributed by atoms with Crippen LogP contribution in [-0.4, -0.2) is 65.6 Å². The number of aromatic nitrogens is 1. The number of amides is 3. The van der Waals surface area contributed by atoms with E-state index in [4.69, 9.17) is 16.3 Å². The number of urea groups is 1. The molecule has 0 spiro atoms. The predicted octanol–water partition coefficient (Wildman–Crippen LogP) is 3.91. The lowest BCUT2D eigenvalue weighted by Crippen LogP contribution is -2.52. The van der Waals surface area contributed by atoms with Crippen LogP contribution in [0.25, 0.3) is 10.9 Å². The zero-order chi connectivity index (χ0) is 21.8. The Kier molecular flexibility index (Phi) is 7.02. The normalized spacial score (nSPS) is 21.8. The van der Waals surface area contributed by atoms with Gasteiger partial charge in [-0.25, -0.2) is 4.79 Å². The van der Waals surface area contributed by atoms with E-state index in [0.717, 1.165) is 61.9 Å². The molecule has 0 bridgehead atoms. The van der Waals surface area contributed by atoms with E-state index in [1.807, 2.05) is 36.2 Å². The van der Waals surface area contributed by atoms with Crippen LogP contribution in [0.1, 0.15) is 44.2 Å². The van der Waals surface area contributed by atoms with E-state index in [9.17, 15) is 9.59 Å². The van der Waals surface area contributed by atoms with Gasteiger partial charge in [-0.15, -0.1) is 0 Å². The van der Waals surface area contributed by atoms with E-state index in [-0.39, 0.29) is 24.1 Å². The van der Waals surface area contributed by atoms with Gasteiger partial charge in [0.15, 0.2) is 0 Å². The molecule has 31 heavy (non-hydrogen) atoms. The molecule has 4 rings (SSSR count). The number of hydrogen-bond donors (Lipinski definition) is 2. The number of carbonyl (C=O) groups is 2. The van der Waals surface area contributed by atoms with Crippen molar-refractivity contribution in [1.29, 1.82) is 0 Å². The minimum atomic E-state index is -0.133. The molecule has 3 heterocycles. The SMILES string of the molecule is CN(C(=O)NCc1cc2cc(Cl)ccc2[nH]1)[C@@H]1CCCN(C(=O)CC2CCCCO2)C1. The van der Waals surface area contributed by atoms with Crippen molar-refractivity contribution in [2.24, 2.45) is 0 Å². The molecule has 1 aromatic carbocycles. The fourth-order valence-corrected chi connectivity index (χ4v) is 4.69. The third-order valence-electron chi connectivity index (χ3n) is 6.36. The molecule has 1 aromatic heterocycles. The number of rotatable bonds is 5. The highest BCUT2D eigenvalue weighted by Gasteiger charge is 2.30. The van der Waals surface area contributed by atoms with Crippen LogP contribution in [0.3, 0.4) is 0 Å². The molecule has 2 atom stereocenters. The standard InChI is InChI=1S/C23H31ClN4O3/c1-27(23(30)25-14-18-12-16-11-17(24)7-8-21(16)26-18)19-5-4-9-28(15-19)22(29)13-20-6-2-3-10-31-20/h7-8,11-12,19-20,26H,2-6,9-10,13-15H2,1H3,(H,25,30)/t19-,20?/m1/s1. The van der Waals surface area contributed by atoms with Crippen molar-refractivity contribution in [2.75, 3.05) is 26.7 Å². The number of aromatic amines is 1. The highest BCUT2D eigenvalue weighted by atomic mass is 35.5. The molecule has 1 unspecified atom stereocenters. The van der Waals surface area contributed by atoms with Crippen LogP contribution in [0.5, 0.6) is 0 Å². The minimum absolute atomic E-state index is 0.0199. The number of piperidine rings is 1. The topological polar surface area (TPSA) is 77.7 Å². The summed E-state index contributed by atoms with van der Waals surface area (Å²) in [5.41, 5.74) is 1.91. The average Bonchev–Trinajstić information content (AvgIpc) is 3.19. The summed E-state index contributed by atoms with van der Waals surface area (Å²) < 4.78 is 5.72. The third kappa shape index (κ3) is 5.52. The van der Waals surface area contributed by atoms with Crippen LogP contribution in [0.15, 0.2) is 24.3 Å². The summed E-state index contributed by atoms with van der Waals surface area (Å²) in [6.07, 6.45) is 5.49. The van der Waals surface area contributed by atoms with Gasteiger partial charge in [0.1, 0.15) is 0 Å². The molecule has 2 aromatic rings. The smallest absolute Gasteiger partial charge is 0.317 e. The van der Waals surface area contributed by atoms with Crippen molar-refractivity contribution in [2.45, 2.75) is 57.2 Å². The quantitative estimate of drug-likeness (QED) is 0.730. The number of halogens is 1. The molecule has 3 amide bonds. The van der Waals surface area contributed by atoms with E-state index in [2.05, 4.69) is 10.3 Å². The maximum absolute atomic E-state index is 12.7. The summed E-state index contributed by atoms with van der Waals surface area (Å²) in [7, 11) is 1.81. The Bertz CT molecular complexity index is 925. The summed E-state index contributed by atoms with van der Waals surface area (Å²) in [6.45, 7) is 2.51. The van der Waals surface area contributed by atoms with Gasteiger partial charge in [0, 0.05) is 48.4 Å². The van der Waals surface area contributed by atoms with E-state index in [1.54, 1.807) is 4.90 Å². The number of ether oxygens (including phenoxy) is 1. The number of hydrogen-bond acceptors (Lipinski definition) is 3. The Labute approximate surface area is 188 Å². The first-order valence-corrected chi connectivity index (χ1v) is 11.5. The van der Waals surface area contributed by atoms with E-state index in [1.165, 1.54) is 0 Å². The Hall–Kier alpha value is -2.25. The summed E-state index contributed by atoms with van der Waals surface area (Å²) in [5.74, 6) is 0.141. The number of likely N-dealkylation sites (N-methyl/N-ethyl adjacent to an activating group) is 1. The minimum Gasteiger partial charge on any atom is -0.378 e. The number of fused-ring (bicyclic) bond motifs is 1. The molecule has 2 N–H and O–H groups in total. The molecular weight excluding hydrogens is 416 g/mol. The first-order chi connectivity index (χ1) is 15.0. The van der Waals surface area contributed by atoms with Gasteiger partial charge in [-0.3, -0.25) is 4.79 Å². The molecule has 2 aliphatic rings. The fraction of sp³-hybridized carbons (Fsp3) is 0.565. The second-order valence-electron chi connectivity index (χ2n) is 8.62. The molecule has 0 saturated carbocycles. The molecule has 0 radical (unpaired) electrons. The lowest BCUT2D eigenvalue weighted by atomic mass is 10.0. The van der Waals surface area contributed by atoms with E-state index >= 15 is 0 Å². The van der Waals surface area contributed by atoms with Gasteiger partial charge in [-0.2, -0.15) is 0 Å². The van der Waals surface area contributed by atoms with Crippen molar-refractivity contribution in [3.05, 3.63) is 35.0 Å². The number of likely N-dealkylation sites (tertiary alicyclic amines) is 1. The number of benzene rings is 1. The Balaban J connectivity index is 1.28. The number of carbonyl (C=O) groups excluding carboxylic acids is 2. The van der Waals surface area contributed by atoms with Gasteiger partial charge in [0.05, 0.1) is 25.1 Å². The molecule has 7 nitrogen and oxygen atoms in total. The predicted molar refractivity (Wildman–Crippen MR) is 121 cm³/mol. The van der Waals surface area contributed by atoms with Gasteiger partial charge in [0.25, 0.3) is 0 Å². The van der Waals surface area contributed by atoms with Gasteiger partial charge >= 0.3 is 6.03 Å². The average molecular weight is 447 g/mol. The molecule has 8 heteroatoms. The van der Waals surface area contributed by atoms with Gasteiger partial charge < -0.3 is 24.8 Å². The summed E-state index contributed by atoms with van der Waals surface area (Å²) >= 11 is 6.05. The maximum atomic E-state index is 12.7. The Morgan fingerprint density at radius 2 is 2.13 bits per heavy atom. The Morgan fingerprint density at radius 3 is 2.94 bits per heavy atom. The van der Waals surface area contributed by atoms with Crippen LogP contribution in [0.4, 0.5) is 4.79 Å². The highest BCUT2D eigenvalue weighted by Crippen LogP contribution is 2.21. The van der Waals surface area contributed by atoms with Crippen molar-refractivity contribution in [3.63, 3.8) is 0 Å². The molecule has 2 aliphatic heterocycles. The molecule has 2 saturated heterocycles. The van der Waals surface area contributed by atoms with Crippen molar-refractivity contribution < 1.29 is 14.3 Å². The monoisotopic (exact) mass is 446 g/mol. The third-order valence-corrected chi connectivity index (χ3v) is 6.60. The zero-order valence-electron chi connectivity index (χ0n) is 18.0. The van der Waals surface area contributed by atoms with Crippen LogP contribution >= 0.6 is 11.6 Å². The Morgan fingerprint density at radius 1 is 1.26 bits per heavy atom. The number of nitrogens with zero attached hydrogens (tertiary/aromatic N) is 2. The molecule has 168 valence electrons. The lowest BCUT2D eigenvalue weighted by molar-refractivity contribution is -0.137. The van der Waals surface area contributed by atoms with Crippen LogP contribution < -0.4 is 5.32 Å². The van der Waals surface area contributed by atoms with Crippen molar-refractivity contribution >= 4 is 34.4 Å². The second kappa shape index (κ2) is 9.92. The fourth-order valence-electron chi connectivity index (χ4n) is 4.51. The van der Waals surface area contributed by atoms with Crippen molar-refractivity contribution in [1.82, 2.24) is 20.1 Å². The number of nitrogens with one attached hydrogen (secondary N) is 2. The largest absolute Gasteiger partial charge is 0.378 e. The lowest BCUT2D eigenvalue weighted by Gasteiger charge is -2.38. The maximum Gasteiger partial charge on any atom is 0.317 e. The summed E-state index contributed by atoms with van der Waals surface area (Å²) in [6, 6.07) is 7.55. The molecule has 0 aliphatic carbocycles. The van der Waals surface area contributed by atoms with Crippen LogP contribution in [0.2, 0.25) is 5.02 Å². The highest BCUT2D eigenvalue weighted by molar-refractivity contribution is 6.31. The number of H-pyrrole nitrogens is 1. The van der Waals surface area contributed by atoms with Gasteiger partial charge in [-0.05, 0) is 56.4 Å². The molecule has 2 fully saturated rings. The second-order valence-corrected chi connectivity index (χ2v) is 9.06. The van der Waals surface area contributed by atoms with Crippen LogP contribution in [-0.2, 0) is 16.1 Å².